The summed E-state index contributed by atoms with van der Waals surface area (Å²) in [5.41, 5.74) is 0.667. The van der Waals surface area contributed by atoms with Crippen LogP contribution in [0.2, 0.25) is 0 Å². The molecule has 0 aliphatic carbocycles. The SMILES string of the molecule is COc1ccc(C(=O)CP(c2ccccc2)C(C)(C)C)cc1OC. The van der Waals surface area contributed by atoms with E-state index in [1.54, 1.807) is 26.4 Å². The van der Waals surface area contributed by atoms with Crippen molar-refractivity contribution in [1.82, 2.24) is 0 Å². The first-order valence-electron chi connectivity index (χ1n) is 7.94. The second-order valence-corrected chi connectivity index (χ2v) is 9.62. The third-order valence-corrected chi connectivity index (χ3v) is 7.03. The van der Waals surface area contributed by atoms with Crippen LogP contribution in [0, 0.1) is 0 Å². The normalized spacial score (nSPS) is 12.5. The molecule has 0 amide bonds. The van der Waals surface area contributed by atoms with E-state index in [1.165, 1.54) is 5.30 Å². The molecule has 4 heteroatoms. The van der Waals surface area contributed by atoms with E-state index >= 15 is 0 Å². The van der Waals surface area contributed by atoms with Gasteiger partial charge in [0.15, 0.2) is 17.3 Å². The predicted molar refractivity (Wildman–Crippen MR) is 101 cm³/mol. The van der Waals surface area contributed by atoms with Crippen molar-refractivity contribution in [3.63, 3.8) is 0 Å². The molecule has 0 radical (unpaired) electrons. The fourth-order valence-corrected chi connectivity index (χ4v) is 5.00. The summed E-state index contributed by atoms with van der Waals surface area (Å²) < 4.78 is 10.6. The lowest BCUT2D eigenvalue weighted by molar-refractivity contribution is 0.102. The maximum absolute atomic E-state index is 12.9. The lowest BCUT2D eigenvalue weighted by Crippen LogP contribution is -2.24. The number of ketones is 1. The summed E-state index contributed by atoms with van der Waals surface area (Å²) in [6.07, 6.45) is 0.526. The van der Waals surface area contributed by atoms with Gasteiger partial charge in [0, 0.05) is 11.7 Å². The van der Waals surface area contributed by atoms with Crippen LogP contribution in [-0.2, 0) is 0 Å². The van der Waals surface area contributed by atoms with Gasteiger partial charge in [-0.25, -0.2) is 0 Å². The van der Waals surface area contributed by atoms with Crippen molar-refractivity contribution in [2.45, 2.75) is 25.9 Å². The Hall–Kier alpha value is -1.86. The monoisotopic (exact) mass is 344 g/mol. The van der Waals surface area contributed by atoms with E-state index in [0.717, 1.165) is 0 Å². The molecule has 0 saturated heterocycles. The Kier molecular flexibility index (Phi) is 6.01. The van der Waals surface area contributed by atoms with Crippen molar-refractivity contribution in [2.75, 3.05) is 20.4 Å². The average molecular weight is 344 g/mol. The lowest BCUT2D eigenvalue weighted by Gasteiger charge is -2.31. The van der Waals surface area contributed by atoms with E-state index in [0.29, 0.717) is 23.2 Å². The smallest absolute Gasteiger partial charge is 0.167 e. The van der Waals surface area contributed by atoms with Crippen LogP contribution in [-0.4, -0.2) is 31.3 Å². The number of rotatable bonds is 6. The molecule has 2 aromatic carbocycles. The topological polar surface area (TPSA) is 35.5 Å². The van der Waals surface area contributed by atoms with Gasteiger partial charge in [-0.3, -0.25) is 4.79 Å². The number of carbonyl (C=O) groups excluding carboxylic acids is 1. The van der Waals surface area contributed by atoms with Gasteiger partial charge in [-0.15, -0.1) is 0 Å². The Labute approximate surface area is 145 Å². The van der Waals surface area contributed by atoms with Crippen molar-refractivity contribution < 1.29 is 14.3 Å². The molecule has 24 heavy (non-hydrogen) atoms. The highest BCUT2D eigenvalue weighted by Crippen LogP contribution is 2.48. The highest BCUT2D eigenvalue weighted by atomic mass is 31.1. The number of ether oxygens (including phenoxy) is 2. The highest BCUT2D eigenvalue weighted by Gasteiger charge is 2.28. The fourth-order valence-electron chi connectivity index (χ4n) is 2.57. The van der Waals surface area contributed by atoms with E-state index in [-0.39, 0.29) is 10.9 Å². The molecule has 1 atom stereocenters. The number of hydrogen-bond donors (Lipinski definition) is 0. The third-order valence-electron chi connectivity index (χ3n) is 3.88. The van der Waals surface area contributed by atoms with Gasteiger partial charge in [0.1, 0.15) is 0 Å². The molecular weight excluding hydrogens is 319 g/mol. The van der Waals surface area contributed by atoms with Gasteiger partial charge in [-0.1, -0.05) is 59.0 Å². The molecule has 1 unspecified atom stereocenters. The van der Waals surface area contributed by atoms with Crippen molar-refractivity contribution in [3.05, 3.63) is 54.1 Å². The summed E-state index contributed by atoms with van der Waals surface area (Å²) in [5.74, 6) is 1.36. The largest absolute Gasteiger partial charge is 0.493 e. The van der Waals surface area contributed by atoms with Crippen molar-refractivity contribution >= 4 is 19.0 Å². The van der Waals surface area contributed by atoms with Crippen LogP contribution in [0.3, 0.4) is 0 Å². The average Bonchev–Trinajstić information content (AvgIpc) is 2.58. The first-order valence-corrected chi connectivity index (χ1v) is 9.47. The fraction of sp³-hybridized carbons (Fsp3) is 0.350. The second-order valence-electron chi connectivity index (χ2n) is 6.59. The predicted octanol–water partition coefficient (Wildman–Crippen LogP) is 4.49. The molecule has 0 saturated carbocycles. The number of methoxy groups -OCH3 is 2. The Morgan fingerprint density at radius 1 is 0.958 bits per heavy atom. The second kappa shape index (κ2) is 7.81. The van der Waals surface area contributed by atoms with Crippen molar-refractivity contribution in [2.24, 2.45) is 0 Å². The van der Waals surface area contributed by atoms with Crippen LogP contribution >= 0.6 is 7.92 Å². The first kappa shape index (κ1) is 18.5. The Morgan fingerprint density at radius 2 is 1.58 bits per heavy atom. The number of hydrogen-bond acceptors (Lipinski definition) is 3. The molecular formula is C20H25O3P. The van der Waals surface area contributed by atoms with Gasteiger partial charge in [0.25, 0.3) is 0 Å². The number of carbonyl (C=O) groups is 1. The maximum Gasteiger partial charge on any atom is 0.167 e. The van der Waals surface area contributed by atoms with Crippen molar-refractivity contribution in [3.8, 4) is 11.5 Å². The van der Waals surface area contributed by atoms with Crippen LogP contribution in [0.1, 0.15) is 31.1 Å². The van der Waals surface area contributed by atoms with E-state index in [2.05, 4.69) is 32.9 Å². The summed E-state index contributed by atoms with van der Waals surface area (Å²) in [6.45, 7) is 6.61. The zero-order chi connectivity index (χ0) is 17.7. The van der Waals surface area contributed by atoms with Gasteiger partial charge in [0.05, 0.1) is 14.2 Å². The summed E-state index contributed by atoms with van der Waals surface area (Å²) in [4.78, 5) is 12.9. The summed E-state index contributed by atoms with van der Waals surface area (Å²) in [7, 11) is 2.57. The van der Waals surface area contributed by atoms with Gasteiger partial charge >= 0.3 is 0 Å². The third kappa shape index (κ3) is 4.36. The molecule has 0 spiro atoms. The molecule has 3 nitrogen and oxygen atoms in total. The maximum atomic E-state index is 12.9. The molecule has 2 rings (SSSR count). The van der Waals surface area contributed by atoms with Crippen LogP contribution in [0.25, 0.3) is 0 Å². The quantitative estimate of drug-likeness (QED) is 0.572. The van der Waals surface area contributed by atoms with E-state index < -0.39 is 7.92 Å². The minimum Gasteiger partial charge on any atom is -0.493 e. The van der Waals surface area contributed by atoms with Crippen molar-refractivity contribution in [1.29, 1.82) is 0 Å². The summed E-state index contributed by atoms with van der Waals surface area (Å²) >= 11 is 0. The minimum atomic E-state index is -0.607. The highest BCUT2D eigenvalue weighted by molar-refractivity contribution is 7.68. The zero-order valence-corrected chi connectivity index (χ0v) is 15.9. The van der Waals surface area contributed by atoms with Gasteiger partial charge in [-0.05, 0) is 28.7 Å². The van der Waals surface area contributed by atoms with E-state index in [4.69, 9.17) is 9.47 Å². The molecule has 128 valence electrons. The lowest BCUT2D eigenvalue weighted by atomic mass is 10.1. The zero-order valence-electron chi connectivity index (χ0n) is 15.0. The Morgan fingerprint density at radius 3 is 2.12 bits per heavy atom. The molecule has 0 aromatic heterocycles. The molecule has 2 aromatic rings. The van der Waals surface area contributed by atoms with Gasteiger partial charge < -0.3 is 9.47 Å². The standard InChI is InChI=1S/C20H25O3P/c1-20(2,3)24(16-9-7-6-8-10-16)14-17(21)15-11-12-18(22-4)19(13-15)23-5/h6-13H,14H2,1-5H3. The van der Waals surface area contributed by atoms with Crippen LogP contribution < -0.4 is 14.8 Å². The summed E-state index contributed by atoms with van der Waals surface area (Å²) in [5, 5.41) is 1.32. The Balaban J connectivity index is 2.28. The Bertz CT molecular complexity index is 690. The van der Waals surface area contributed by atoms with E-state index in [1.807, 2.05) is 24.3 Å². The number of benzene rings is 2. The molecule has 0 N–H and O–H groups in total. The van der Waals surface area contributed by atoms with Gasteiger partial charge in [0.2, 0.25) is 0 Å². The first-order chi connectivity index (χ1) is 11.4. The van der Waals surface area contributed by atoms with Crippen LogP contribution in [0.15, 0.2) is 48.5 Å². The molecule has 0 aliphatic rings. The van der Waals surface area contributed by atoms with E-state index in [9.17, 15) is 4.79 Å². The number of Topliss-reactive ketones (excluding diaryl/α,β-unsaturated/α-hetero) is 1. The molecule has 0 bridgehead atoms. The van der Waals surface area contributed by atoms with Crippen LogP contribution in [0.5, 0.6) is 11.5 Å². The van der Waals surface area contributed by atoms with Gasteiger partial charge in [-0.2, -0.15) is 0 Å². The molecule has 0 heterocycles. The molecule has 0 aliphatic heterocycles. The summed E-state index contributed by atoms with van der Waals surface area (Å²) in [6, 6.07) is 15.7. The van der Waals surface area contributed by atoms with Crippen LogP contribution in [0.4, 0.5) is 0 Å². The molecule has 0 fully saturated rings. The minimum absolute atomic E-state index is 0.0584.